The third-order valence-corrected chi connectivity index (χ3v) is 2.54. The van der Waals surface area contributed by atoms with Gasteiger partial charge in [-0.1, -0.05) is 11.6 Å². The van der Waals surface area contributed by atoms with Crippen LogP contribution in [0.4, 0.5) is 0 Å². The molecule has 0 unspecified atom stereocenters. The summed E-state index contributed by atoms with van der Waals surface area (Å²) in [6, 6.07) is 2.73. The zero-order chi connectivity index (χ0) is 16.9. The minimum atomic E-state index is -1.42. The topological polar surface area (TPSA) is 99.1 Å². The molecule has 0 heterocycles. The lowest BCUT2D eigenvalue weighted by Crippen LogP contribution is -2.08. The summed E-state index contributed by atoms with van der Waals surface area (Å²) < 4.78 is 14.5. The minimum absolute atomic E-state index is 0.0122. The van der Waals surface area contributed by atoms with E-state index in [1.165, 1.54) is 26.2 Å². The fourth-order valence-electron chi connectivity index (χ4n) is 1.51. The second-order valence-electron chi connectivity index (χ2n) is 4.04. The molecule has 0 aliphatic heterocycles. The van der Waals surface area contributed by atoms with Crippen LogP contribution in [0.3, 0.4) is 0 Å². The summed E-state index contributed by atoms with van der Waals surface area (Å²) in [5.41, 5.74) is 0.288. The third-order valence-electron chi connectivity index (χ3n) is 2.26. The molecule has 0 fully saturated rings. The van der Waals surface area contributed by atoms with Gasteiger partial charge >= 0.3 is 17.9 Å². The second-order valence-corrected chi connectivity index (χ2v) is 4.44. The molecule has 118 valence electrons. The van der Waals surface area contributed by atoms with Crippen LogP contribution in [0.15, 0.2) is 17.9 Å². The van der Waals surface area contributed by atoms with E-state index in [1.807, 2.05) is 0 Å². The molecule has 0 radical (unpaired) electrons. The number of carbonyl (C=O) groups excluding carboxylic acids is 2. The van der Waals surface area contributed by atoms with Crippen LogP contribution in [0.2, 0.25) is 5.02 Å². The molecule has 0 bridgehead atoms. The van der Waals surface area contributed by atoms with Crippen LogP contribution in [0, 0.1) is 0 Å². The zero-order valence-corrected chi connectivity index (χ0v) is 12.8. The maximum atomic E-state index is 11.0. The Balaban J connectivity index is 3.31. The van der Waals surface area contributed by atoms with Crippen LogP contribution < -0.4 is 9.47 Å². The van der Waals surface area contributed by atoms with E-state index in [-0.39, 0.29) is 22.1 Å². The highest BCUT2D eigenvalue weighted by atomic mass is 35.5. The van der Waals surface area contributed by atoms with Crippen LogP contribution in [0.5, 0.6) is 11.5 Å². The molecule has 8 heteroatoms. The van der Waals surface area contributed by atoms with Gasteiger partial charge in [-0.15, -0.1) is 0 Å². The second kappa shape index (κ2) is 7.46. The van der Waals surface area contributed by atoms with Crippen molar-refractivity contribution in [2.45, 2.75) is 13.8 Å². The van der Waals surface area contributed by atoms with Crippen molar-refractivity contribution in [2.24, 2.45) is 0 Å². The molecule has 0 saturated heterocycles. The third kappa shape index (κ3) is 4.78. The minimum Gasteiger partial charge on any atom is -0.493 e. The highest BCUT2D eigenvalue weighted by Crippen LogP contribution is 2.37. The van der Waals surface area contributed by atoms with Crippen LogP contribution in [-0.4, -0.2) is 30.1 Å². The zero-order valence-electron chi connectivity index (χ0n) is 12.0. The first kappa shape index (κ1) is 17.5. The number of esters is 2. The fourth-order valence-corrected chi connectivity index (χ4v) is 1.76. The van der Waals surface area contributed by atoms with E-state index >= 15 is 0 Å². The van der Waals surface area contributed by atoms with Gasteiger partial charge in [-0.2, -0.15) is 0 Å². The van der Waals surface area contributed by atoms with Gasteiger partial charge < -0.3 is 19.3 Å². The number of hydrogen-bond donors (Lipinski definition) is 1. The van der Waals surface area contributed by atoms with Gasteiger partial charge in [-0.25, -0.2) is 4.79 Å². The number of benzene rings is 1. The van der Waals surface area contributed by atoms with Crippen LogP contribution in [0.25, 0.3) is 6.08 Å². The Labute approximate surface area is 131 Å². The number of rotatable bonds is 5. The molecule has 1 aromatic rings. The molecule has 0 aromatic heterocycles. The van der Waals surface area contributed by atoms with Crippen molar-refractivity contribution in [1.29, 1.82) is 0 Å². The first-order chi connectivity index (χ1) is 10.2. The summed E-state index contributed by atoms with van der Waals surface area (Å²) in [6.45, 7) is 2.28. The summed E-state index contributed by atoms with van der Waals surface area (Å²) in [6.07, 6.45) is 1.09. The molecule has 0 amide bonds. The first-order valence-electron chi connectivity index (χ1n) is 5.94. The lowest BCUT2D eigenvalue weighted by molar-refractivity contribution is -0.146. The lowest BCUT2D eigenvalue weighted by Gasteiger charge is -2.11. The van der Waals surface area contributed by atoms with Crippen molar-refractivity contribution in [3.63, 3.8) is 0 Å². The quantitative estimate of drug-likeness (QED) is 0.383. The summed E-state index contributed by atoms with van der Waals surface area (Å²) >= 11 is 5.98. The summed E-state index contributed by atoms with van der Waals surface area (Å²) in [4.78, 5) is 32.9. The van der Waals surface area contributed by atoms with E-state index < -0.39 is 23.7 Å². The number of carbonyl (C=O) groups is 3. The van der Waals surface area contributed by atoms with Gasteiger partial charge in [0.1, 0.15) is 0 Å². The van der Waals surface area contributed by atoms with Gasteiger partial charge in [-0.05, 0) is 23.8 Å². The molecule has 0 aliphatic carbocycles. The summed E-state index contributed by atoms with van der Waals surface area (Å²) in [5.74, 6) is -3.22. The Morgan fingerprint density at radius 2 is 1.82 bits per heavy atom. The Hall–Kier alpha value is -2.54. The van der Waals surface area contributed by atoms with Crippen LogP contribution >= 0.6 is 11.6 Å². The molecule has 0 saturated carbocycles. The van der Waals surface area contributed by atoms with Crippen molar-refractivity contribution < 1.29 is 33.7 Å². The molecular weight excluding hydrogens is 316 g/mol. The molecule has 0 atom stereocenters. The molecule has 0 aliphatic rings. The van der Waals surface area contributed by atoms with Gasteiger partial charge in [0.15, 0.2) is 11.5 Å². The highest BCUT2D eigenvalue weighted by Gasteiger charge is 2.16. The molecule has 22 heavy (non-hydrogen) atoms. The van der Waals surface area contributed by atoms with Crippen molar-refractivity contribution in [3.8, 4) is 11.5 Å². The van der Waals surface area contributed by atoms with E-state index in [4.69, 9.17) is 26.2 Å². The Bertz CT molecular complexity index is 649. The summed E-state index contributed by atoms with van der Waals surface area (Å²) in [5, 5.41) is 9.01. The number of carboxylic acid groups (broad SMARTS) is 1. The Kier molecular flexibility index (Phi) is 5.94. The molecule has 1 N–H and O–H groups in total. The van der Waals surface area contributed by atoms with Crippen molar-refractivity contribution >= 4 is 35.6 Å². The molecule has 7 nitrogen and oxygen atoms in total. The average molecular weight is 329 g/mol. The first-order valence-corrected chi connectivity index (χ1v) is 6.31. The number of aliphatic carboxylic acids is 1. The number of ether oxygens (including phenoxy) is 3. The summed E-state index contributed by atoms with van der Waals surface area (Å²) in [7, 11) is 1.33. The van der Waals surface area contributed by atoms with E-state index in [9.17, 15) is 14.4 Å². The van der Waals surface area contributed by atoms with E-state index in [0.29, 0.717) is 0 Å². The Morgan fingerprint density at radius 3 is 2.27 bits per heavy atom. The highest BCUT2D eigenvalue weighted by molar-refractivity contribution is 6.32. The fraction of sp³-hybridized carbons (Fsp3) is 0.214. The predicted octanol–water partition coefficient (Wildman–Crippen LogP) is 2.26. The van der Waals surface area contributed by atoms with Crippen molar-refractivity contribution in [3.05, 3.63) is 28.5 Å². The monoisotopic (exact) mass is 328 g/mol. The van der Waals surface area contributed by atoms with E-state index in [1.54, 1.807) is 0 Å². The average Bonchev–Trinajstić information content (AvgIpc) is 2.39. The van der Waals surface area contributed by atoms with Gasteiger partial charge in [0.25, 0.3) is 0 Å². The predicted molar refractivity (Wildman–Crippen MR) is 76.7 cm³/mol. The molecule has 1 rings (SSSR count). The SMILES string of the molecule is COc1cc(/C=C(/OC(C)=O)C(=O)O)cc(Cl)c1OC(C)=O. The number of hydrogen-bond acceptors (Lipinski definition) is 6. The van der Waals surface area contributed by atoms with Gasteiger partial charge in [0.2, 0.25) is 5.76 Å². The lowest BCUT2D eigenvalue weighted by atomic mass is 10.1. The maximum Gasteiger partial charge on any atom is 0.371 e. The van der Waals surface area contributed by atoms with E-state index in [0.717, 1.165) is 13.0 Å². The largest absolute Gasteiger partial charge is 0.493 e. The molecule has 1 aromatic carbocycles. The number of halogens is 1. The number of carboxylic acids is 1. The van der Waals surface area contributed by atoms with Crippen molar-refractivity contribution in [1.82, 2.24) is 0 Å². The van der Waals surface area contributed by atoms with Gasteiger partial charge in [-0.3, -0.25) is 9.59 Å². The normalized spacial score (nSPS) is 10.8. The maximum absolute atomic E-state index is 11.0. The molecule has 0 spiro atoms. The van der Waals surface area contributed by atoms with Gasteiger partial charge in [0, 0.05) is 13.8 Å². The van der Waals surface area contributed by atoms with Crippen LogP contribution in [-0.2, 0) is 19.1 Å². The van der Waals surface area contributed by atoms with Crippen molar-refractivity contribution in [2.75, 3.05) is 7.11 Å². The number of methoxy groups -OCH3 is 1. The van der Waals surface area contributed by atoms with Crippen LogP contribution in [0.1, 0.15) is 19.4 Å². The standard InChI is InChI=1S/C14H13ClO7/c1-7(16)21-12(14(18)19)6-9-4-10(15)13(22-8(2)17)11(5-9)20-3/h4-6H,1-3H3,(H,18,19)/b12-6+. The Morgan fingerprint density at radius 1 is 1.18 bits per heavy atom. The van der Waals surface area contributed by atoms with E-state index in [2.05, 4.69) is 4.74 Å². The molecular formula is C14H13ClO7. The van der Waals surface area contributed by atoms with Gasteiger partial charge in [0.05, 0.1) is 12.1 Å². The smallest absolute Gasteiger partial charge is 0.371 e.